The fourth-order valence-electron chi connectivity index (χ4n) is 1.66. The molecule has 18 heavy (non-hydrogen) atoms. The maximum absolute atomic E-state index is 4.52. The zero-order valence-corrected chi connectivity index (χ0v) is 11.4. The number of nitrogens with one attached hydrogen (secondary N) is 1. The van der Waals surface area contributed by atoms with Gasteiger partial charge < -0.3 is 5.32 Å². The second-order valence-electron chi connectivity index (χ2n) is 4.39. The van der Waals surface area contributed by atoms with E-state index in [1.165, 1.54) is 12.8 Å². The quantitative estimate of drug-likeness (QED) is 0.943. The van der Waals surface area contributed by atoms with Crippen molar-refractivity contribution in [2.24, 2.45) is 0 Å². The smallest absolute Gasteiger partial charge is 0.178 e. The molecule has 0 radical (unpaired) electrons. The molecule has 2 aromatic heterocycles. The Balaban J connectivity index is 1.78. The first-order valence-corrected chi connectivity index (χ1v) is 6.78. The Bertz CT molecular complexity index is 537. The van der Waals surface area contributed by atoms with Crippen molar-refractivity contribution >= 4 is 15.9 Å². The molecular weight excluding hydrogens is 292 g/mol. The lowest BCUT2D eigenvalue weighted by molar-refractivity contribution is 0.673. The van der Waals surface area contributed by atoms with Crippen molar-refractivity contribution in [2.45, 2.75) is 25.4 Å². The number of hydrogen-bond acceptors (Lipinski definition) is 4. The Labute approximate surface area is 114 Å². The molecule has 0 unspecified atom stereocenters. The summed E-state index contributed by atoms with van der Waals surface area (Å²) in [6, 6.07) is 6.49. The van der Waals surface area contributed by atoms with Gasteiger partial charge in [-0.3, -0.25) is 4.98 Å². The number of nitrogens with zero attached hydrogens (tertiary/aromatic N) is 3. The molecular formula is C13H13BrN4. The SMILES string of the molecule is Brc1ccc(-c2nccc(CNC3CC3)n2)nc1. The van der Waals surface area contributed by atoms with E-state index in [1.807, 2.05) is 18.2 Å². The summed E-state index contributed by atoms with van der Waals surface area (Å²) >= 11 is 3.37. The third-order valence-corrected chi connectivity index (χ3v) is 3.29. The Kier molecular flexibility index (Phi) is 3.34. The number of pyridine rings is 1. The van der Waals surface area contributed by atoms with Crippen molar-refractivity contribution in [3.8, 4) is 11.5 Å². The van der Waals surface area contributed by atoms with Gasteiger partial charge in [-0.2, -0.15) is 0 Å². The largest absolute Gasteiger partial charge is 0.308 e. The van der Waals surface area contributed by atoms with Crippen LogP contribution in [0.25, 0.3) is 11.5 Å². The number of hydrogen-bond donors (Lipinski definition) is 1. The standard InChI is InChI=1S/C13H13BrN4/c14-9-1-4-12(17-7-9)13-15-6-5-11(18-13)8-16-10-2-3-10/h1,4-7,10,16H,2-3,8H2. The number of aromatic nitrogens is 3. The van der Waals surface area contributed by atoms with Gasteiger partial charge in [0.2, 0.25) is 0 Å². The van der Waals surface area contributed by atoms with E-state index in [4.69, 9.17) is 0 Å². The molecule has 0 amide bonds. The maximum Gasteiger partial charge on any atom is 0.178 e. The van der Waals surface area contributed by atoms with E-state index < -0.39 is 0 Å². The first-order chi connectivity index (χ1) is 8.81. The van der Waals surface area contributed by atoms with Gasteiger partial charge in [0.05, 0.1) is 5.69 Å². The number of rotatable bonds is 4. The molecule has 3 rings (SSSR count). The van der Waals surface area contributed by atoms with Gasteiger partial charge in [0.25, 0.3) is 0 Å². The molecule has 0 bridgehead atoms. The summed E-state index contributed by atoms with van der Waals surface area (Å²) < 4.78 is 0.956. The Hall–Kier alpha value is -1.33. The summed E-state index contributed by atoms with van der Waals surface area (Å²) in [5.74, 6) is 0.678. The zero-order chi connectivity index (χ0) is 12.4. The Morgan fingerprint density at radius 1 is 1.22 bits per heavy atom. The molecule has 5 heteroatoms. The normalized spacial score (nSPS) is 14.7. The van der Waals surface area contributed by atoms with E-state index in [0.717, 1.165) is 22.4 Å². The highest BCUT2D eigenvalue weighted by Crippen LogP contribution is 2.19. The van der Waals surface area contributed by atoms with Crippen LogP contribution in [-0.2, 0) is 6.54 Å². The van der Waals surface area contributed by atoms with E-state index in [1.54, 1.807) is 12.4 Å². The zero-order valence-electron chi connectivity index (χ0n) is 9.81. The molecule has 1 N–H and O–H groups in total. The van der Waals surface area contributed by atoms with Gasteiger partial charge in [-0.15, -0.1) is 0 Å². The van der Waals surface area contributed by atoms with E-state index >= 15 is 0 Å². The lowest BCUT2D eigenvalue weighted by Gasteiger charge is -2.04. The third kappa shape index (κ3) is 2.91. The molecule has 1 saturated carbocycles. The Morgan fingerprint density at radius 2 is 2.11 bits per heavy atom. The summed E-state index contributed by atoms with van der Waals surface area (Å²) in [6.07, 6.45) is 6.11. The van der Waals surface area contributed by atoms with E-state index in [9.17, 15) is 0 Å². The average molecular weight is 305 g/mol. The van der Waals surface area contributed by atoms with Crippen LogP contribution in [0.2, 0.25) is 0 Å². The first-order valence-electron chi connectivity index (χ1n) is 5.98. The van der Waals surface area contributed by atoms with Gasteiger partial charge in [-0.25, -0.2) is 9.97 Å². The van der Waals surface area contributed by atoms with Crippen molar-refractivity contribution < 1.29 is 0 Å². The lowest BCUT2D eigenvalue weighted by atomic mass is 10.3. The fourth-order valence-corrected chi connectivity index (χ4v) is 1.90. The van der Waals surface area contributed by atoms with Crippen LogP contribution in [0.4, 0.5) is 0 Å². The van der Waals surface area contributed by atoms with Crippen LogP contribution in [0.3, 0.4) is 0 Å². The minimum absolute atomic E-state index is 0.678. The molecule has 1 aliphatic rings. The summed E-state index contributed by atoms with van der Waals surface area (Å²) in [6.45, 7) is 0.802. The number of halogens is 1. The van der Waals surface area contributed by atoms with Crippen molar-refractivity contribution in [3.63, 3.8) is 0 Å². The average Bonchev–Trinajstić information content (AvgIpc) is 3.22. The van der Waals surface area contributed by atoms with Crippen molar-refractivity contribution in [1.29, 1.82) is 0 Å². The van der Waals surface area contributed by atoms with Crippen LogP contribution < -0.4 is 5.32 Å². The topological polar surface area (TPSA) is 50.7 Å². The van der Waals surface area contributed by atoms with Crippen LogP contribution in [-0.4, -0.2) is 21.0 Å². The van der Waals surface area contributed by atoms with Crippen LogP contribution in [0.5, 0.6) is 0 Å². The molecule has 0 spiro atoms. The predicted octanol–water partition coefficient (Wildman–Crippen LogP) is 2.55. The molecule has 0 atom stereocenters. The summed E-state index contributed by atoms with van der Waals surface area (Å²) in [4.78, 5) is 13.1. The van der Waals surface area contributed by atoms with Gasteiger partial charge in [-0.1, -0.05) is 0 Å². The van der Waals surface area contributed by atoms with E-state index in [0.29, 0.717) is 11.9 Å². The van der Waals surface area contributed by atoms with Crippen LogP contribution in [0, 0.1) is 0 Å². The molecule has 0 saturated heterocycles. The summed E-state index contributed by atoms with van der Waals surface area (Å²) in [7, 11) is 0. The molecule has 2 heterocycles. The third-order valence-electron chi connectivity index (χ3n) is 2.82. The van der Waals surface area contributed by atoms with Gasteiger partial charge in [-0.05, 0) is 47.0 Å². The van der Waals surface area contributed by atoms with E-state index in [-0.39, 0.29) is 0 Å². The predicted molar refractivity (Wildman–Crippen MR) is 72.8 cm³/mol. The van der Waals surface area contributed by atoms with Gasteiger partial charge in [0.1, 0.15) is 5.69 Å². The van der Waals surface area contributed by atoms with Gasteiger partial charge >= 0.3 is 0 Å². The molecule has 0 aromatic carbocycles. The minimum Gasteiger partial charge on any atom is -0.308 e. The molecule has 1 fully saturated rings. The summed E-state index contributed by atoms with van der Waals surface area (Å²) in [5.41, 5.74) is 1.81. The Morgan fingerprint density at radius 3 is 2.83 bits per heavy atom. The molecule has 2 aromatic rings. The van der Waals surface area contributed by atoms with E-state index in [2.05, 4.69) is 36.2 Å². The highest BCUT2D eigenvalue weighted by molar-refractivity contribution is 9.10. The van der Waals surface area contributed by atoms with Crippen molar-refractivity contribution in [1.82, 2.24) is 20.3 Å². The van der Waals surface area contributed by atoms with Crippen molar-refractivity contribution in [3.05, 3.63) is 40.8 Å². The molecule has 92 valence electrons. The highest BCUT2D eigenvalue weighted by Gasteiger charge is 2.20. The lowest BCUT2D eigenvalue weighted by Crippen LogP contribution is -2.16. The molecule has 4 nitrogen and oxygen atoms in total. The first kappa shape index (κ1) is 11.7. The molecule has 1 aliphatic carbocycles. The fraction of sp³-hybridized carbons (Fsp3) is 0.308. The summed E-state index contributed by atoms with van der Waals surface area (Å²) in [5, 5.41) is 3.44. The minimum atomic E-state index is 0.678. The molecule has 0 aliphatic heterocycles. The maximum atomic E-state index is 4.52. The highest BCUT2D eigenvalue weighted by atomic mass is 79.9. The van der Waals surface area contributed by atoms with Gasteiger partial charge in [0, 0.05) is 29.5 Å². The monoisotopic (exact) mass is 304 g/mol. The van der Waals surface area contributed by atoms with Crippen LogP contribution >= 0.6 is 15.9 Å². The van der Waals surface area contributed by atoms with Gasteiger partial charge in [0.15, 0.2) is 5.82 Å². The van der Waals surface area contributed by atoms with Crippen LogP contribution in [0.15, 0.2) is 35.1 Å². The second kappa shape index (κ2) is 5.12. The van der Waals surface area contributed by atoms with Crippen LogP contribution in [0.1, 0.15) is 18.5 Å². The second-order valence-corrected chi connectivity index (χ2v) is 5.30. The van der Waals surface area contributed by atoms with Crippen molar-refractivity contribution in [2.75, 3.05) is 0 Å².